The number of carbonyl (C=O) groups excluding carboxylic acids is 2. The second kappa shape index (κ2) is 7.25. The van der Waals surface area contributed by atoms with Crippen LogP contribution in [0, 0.1) is 0 Å². The molecule has 1 aliphatic heterocycles. The smallest absolute Gasteiger partial charge is 0.339 e. The van der Waals surface area contributed by atoms with Crippen molar-refractivity contribution in [3.05, 3.63) is 54.1 Å². The van der Waals surface area contributed by atoms with Crippen molar-refractivity contribution in [3.63, 3.8) is 0 Å². The summed E-state index contributed by atoms with van der Waals surface area (Å²) in [4.78, 5) is 26.2. The van der Waals surface area contributed by atoms with Crippen molar-refractivity contribution in [2.45, 2.75) is 13.0 Å². The predicted molar refractivity (Wildman–Crippen MR) is 92.2 cm³/mol. The number of para-hydroxylation sites is 1. The normalized spacial score (nSPS) is 13.7. The summed E-state index contributed by atoms with van der Waals surface area (Å²) >= 11 is 0. The summed E-state index contributed by atoms with van der Waals surface area (Å²) in [7, 11) is 1.64. The molecular weight excluding hydrogens is 322 g/mol. The van der Waals surface area contributed by atoms with E-state index in [1.807, 2.05) is 30.3 Å². The van der Waals surface area contributed by atoms with Gasteiger partial charge in [0, 0.05) is 12.7 Å². The van der Waals surface area contributed by atoms with Crippen molar-refractivity contribution in [2.75, 3.05) is 25.2 Å². The molecule has 0 fully saturated rings. The van der Waals surface area contributed by atoms with Crippen LogP contribution >= 0.6 is 0 Å². The molecule has 1 aliphatic rings. The number of rotatable bonds is 4. The highest BCUT2D eigenvalue weighted by Gasteiger charge is 2.24. The van der Waals surface area contributed by atoms with Crippen LogP contribution in [0.15, 0.2) is 48.5 Å². The third-order valence-corrected chi connectivity index (χ3v) is 3.88. The summed E-state index contributed by atoms with van der Waals surface area (Å²) in [6, 6.07) is 14.0. The van der Waals surface area contributed by atoms with Crippen LogP contribution in [-0.2, 0) is 9.53 Å². The SMILES string of the molecule is C[C@@H](OC(=O)c1ccc2c(c1)OCCO2)C(=O)N(C)c1ccccc1. The molecule has 0 saturated heterocycles. The van der Waals surface area contributed by atoms with Gasteiger partial charge in [0.15, 0.2) is 17.6 Å². The van der Waals surface area contributed by atoms with Crippen LogP contribution in [0.25, 0.3) is 0 Å². The molecule has 2 aromatic rings. The number of nitrogens with zero attached hydrogens (tertiary/aromatic N) is 1. The second-order valence-electron chi connectivity index (χ2n) is 5.64. The Labute approximate surface area is 145 Å². The first-order valence-electron chi connectivity index (χ1n) is 7.99. The zero-order valence-corrected chi connectivity index (χ0v) is 14.1. The third kappa shape index (κ3) is 3.74. The van der Waals surface area contributed by atoms with Crippen molar-refractivity contribution >= 4 is 17.6 Å². The summed E-state index contributed by atoms with van der Waals surface area (Å²) in [5.41, 5.74) is 1.04. The second-order valence-corrected chi connectivity index (χ2v) is 5.64. The van der Waals surface area contributed by atoms with Gasteiger partial charge in [0.2, 0.25) is 0 Å². The van der Waals surface area contributed by atoms with Crippen LogP contribution in [0.4, 0.5) is 5.69 Å². The van der Waals surface area contributed by atoms with E-state index in [4.69, 9.17) is 14.2 Å². The van der Waals surface area contributed by atoms with E-state index in [1.54, 1.807) is 32.2 Å². The molecule has 0 bridgehead atoms. The number of carbonyl (C=O) groups is 2. The lowest BCUT2D eigenvalue weighted by atomic mass is 10.2. The minimum absolute atomic E-state index is 0.308. The van der Waals surface area contributed by atoms with E-state index in [0.29, 0.717) is 30.3 Å². The maximum atomic E-state index is 12.4. The Hall–Kier alpha value is -3.02. The predicted octanol–water partition coefficient (Wildman–Crippen LogP) is 2.67. The molecule has 1 amide bonds. The van der Waals surface area contributed by atoms with Gasteiger partial charge in [0.05, 0.1) is 5.56 Å². The van der Waals surface area contributed by atoms with Gasteiger partial charge >= 0.3 is 5.97 Å². The highest BCUT2D eigenvalue weighted by atomic mass is 16.6. The maximum Gasteiger partial charge on any atom is 0.339 e. The number of likely N-dealkylation sites (N-methyl/N-ethyl adjacent to an activating group) is 1. The van der Waals surface area contributed by atoms with Crippen molar-refractivity contribution in [1.82, 2.24) is 0 Å². The summed E-state index contributed by atoms with van der Waals surface area (Å²) < 4.78 is 16.2. The summed E-state index contributed by atoms with van der Waals surface area (Å²) in [5.74, 6) is 0.202. The van der Waals surface area contributed by atoms with Gasteiger partial charge in [0.1, 0.15) is 13.2 Å². The largest absolute Gasteiger partial charge is 0.486 e. The molecule has 6 nitrogen and oxygen atoms in total. The average molecular weight is 341 g/mol. The Morgan fingerprint density at radius 2 is 1.72 bits per heavy atom. The Morgan fingerprint density at radius 3 is 2.44 bits per heavy atom. The van der Waals surface area contributed by atoms with Gasteiger partial charge in [-0.1, -0.05) is 18.2 Å². The zero-order chi connectivity index (χ0) is 17.8. The van der Waals surface area contributed by atoms with Crippen LogP contribution in [0.1, 0.15) is 17.3 Å². The monoisotopic (exact) mass is 341 g/mol. The van der Waals surface area contributed by atoms with E-state index in [-0.39, 0.29) is 5.91 Å². The van der Waals surface area contributed by atoms with Gasteiger partial charge in [-0.2, -0.15) is 0 Å². The molecule has 0 aliphatic carbocycles. The van der Waals surface area contributed by atoms with Gasteiger partial charge in [-0.3, -0.25) is 4.79 Å². The molecule has 6 heteroatoms. The number of amides is 1. The van der Waals surface area contributed by atoms with E-state index >= 15 is 0 Å². The standard InChI is InChI=1S/C19H19NO5/c1-13(18(21)20(2)15-6-4-3-5-7-15)25-19(22)14-8-9-16-17(12-14)24-11-10-23-16/h3-9,12-13H,10-11H2,1-2H3/t13-/m1/s1. The molecule has 0 saturated carbocycles. The third-order valence-electron chi connectivity index (χ3n) is 3.88. The number of fused-ring (bicyclic) bond motifs is 1. The Morgan fingerprint density at radius 1 is 1.04 bits per heavy atom. The lowest BCUT2D eigenvalue weighted by molar-refractivity contribution is -0.126. The minimum atomic E-state index is -0.911. The first-order valence-corrected chi connectivity index (χ1v) is 7.99. The molecule has 25 heavy (non-hydrogen) atoms. The highest BCUT2D eigenvalue weighted by Crippen LogP contribution is 2.31. The Balaban J connectivity index is 1.67. The van der Waals surface area contributed by atoms with E-state index in [0.717, 1.165) is 5.69 Å². The number of ether oxygens (including phenoxy) is 3. The van der Waals surface area contributed by atoms with E-state index in [1.165, 1.54) is 4.90 Å². The van der Waals surface area contributed by atoms with Gasteiger partial charge in [0.25, 0.3) is 5.91 Å². The summed E-state index contributed by atoms with van der Waals surface area (Å²) in [6.45, 7) is 2.47. The highest BCUT2D eigenvalue weighted by molar-refractivity contribution is 5.98. The van der Waals surface area contributed by atoms with E-state index in [2.05, 4.69) is 0 Å². The lowest BCUT2D eigenvalue weighted by Gasteiger charge is -2.22. The van der Waals surface area contributed by atoms with Crippen LogP contribution in [0.2, 0.25) is 0 Å². The fourth-order valence-electron chi connectivity index (χ4n) is 2.50. The van der Waals surface area contributed by atoms with Crippen LogP contribution in [-0.4, -0.2) is 38.2 Å². The number of anilines is 1. The molecular formula is C19H19NO5. The number of benzene rings is 2. The van der Waals surface area contributed by atoms with E-state index in [9.17, 15) is 9.59 Å². The van der Waals surface area contributed by atoms with Gasteiger partial charge in [-0.25, -0.2) is 4.79 Å². The molecule has 0 radical (unpaired) electrons. The van der Waals surface area contributed by atoms with Crippen molar-refractivity contribution < 1.29 is 23.8 Å². The zero-order valence-electron chi connectivity index (χ0n) is 14.1. The topological polar surface area (TPSA) is 65.1 Å². The van der Waals surface area contributed by atoms with Gasteiger partial charge < -0.3 is 19.1 Å². The number of hydrogen-bond acceptors (Lipinski definition) is 5. The fourth-order valence-corrected chi connectivity index (χ4v) is 2.50. The van der Waals surface area contributed by atoms with Crippen LogP contribution in [0.5, 0.6) is 11.5 Å². The van der Waals surface area contributed by atoms with Crippen LogP contribution in [0.3, 0.4) is 0 Å². The van der Waals surface area contributed by atoms with Crippen LogP contribution < -0.4 is 14.4 Å². The maximum absolute atomic E-state index is 12.4. The molecule has 3 rings (SSSR count). The van der Waals surface area contributed by atoms with Crippen molar-refractivity contribution in [2.24, 2.45) is 0 Å². The Kier molecular flexibility index (Phi) is 4.88. The quantitative estimate of drug-likeness (QED) is 0.800. The fraction of sp³-hybridized carbons (Fsp3) is 0.263. The lowest BCUT2D eigenvalue weighted by Crippen LogP contribution is -2.37. The number of esters is 1. The van der Waals surface area contributed by atoms with Crippen molar-refractivity contribution in [3.8, 4) is 11.5 Å². The molecule has 2 aromatic carbocycles. The van der Waals surface area contributed by atoms with E-state index < -0.39 is 12.1 Å². The molecule has 0 unspecified atom stereocenters. The molecule has 0 N–H and O–H groups in total. The van der Waals surface area contributed by atoms with Gasteiger partial charge in [-0.15, -0.1) is 0 Å². The average Bonchev–Trinajstić information content (AvgIpc) is 2.67. The minimum Gasteiger partial charge on any atom is -0.486 e. The van der Waals surface area contributed by atoms with Crippen molar-refractivity contribution in [1.29, 1.82) is 0 Å². The molecule has 1 heterocycles. The van der Waals surface area contributed by atoms with Gasteiger partial charge in [-0.05, 0) is 37.3 Å². The Bertz CT molecular complexity index is 775. The molecule has 0 aromatic heterocycles. The molecule has 130 valence electrons. The molecule has 0 spiro atoms. The first kappa shape index (κ1) is 16.8. The first-order chi connectivity index (χ1) is 12.1. The molecule has 1 atom stereocenters. The number of hydrogen-bond donors (Lipinski definition) is 0. The summed E-state index contributed by atoms with van der Waals surface area (Å²) in [6.07, 6.45) is -0.911. The summed E-state index contributed by atoms with van der Waals surface area (Å²) in [5, 5.41) is 0.